The molecule has 3 nitrogen and oxygen atoms in total. The Balaban J connectivity index is 1.39. The van der Waals surface area contributed by atoms with Crippen molar-refractivity contribution in [1.82, 2.24) is 4.90 Å². The summed E-state index contributed by atoms with van der Waals surface area (Å²) in [5.41, 5.74) is 2.59. The lowest BCUT2D eigenvalue weighted by Gasteiger charge is -2.58. The highest BCUT2D eigenvalue weighted by Gasteiger charge is 2.63. The minimum atomic E-state index is -0.0287. The van der Waals surface area contributed by atoms with E-state index in [0.717, 1.165) is 42.6 Å². The van der Waals surface area contributed by atoms with Crippen LogP contribution in [-0.4, -0.2) is 36.6 Å². The Bertz CT molecular complexity index is 686. The van der Waals surface area contributed by atoms with Gasteiger partial charge in [-0.15, -0.1) is 0 Å². The van der Waals surface area contributed by atoms with E-state index in [1.807, 2.05) is 6.92 Å². The molecule has 5 rings (SSSR count). The van der Waals surface area contributed by atoms with Crippen molar-refractivity contribution in [3.63, 3.8) is 0 Å². The highest BCUT2D eigenvalue weighted by Crippen LogP contribution is 2.68. The minimum absolute atomic E-state index is 0.0287. The van der Waals surface area contributed by atoms with Crippen LogP contribution in [0.2, 0.25) is 0 Å². The van der Waals surface area contributed by atoms with Crippen molar-refractivity contribution >= 4 is 5.97 Å². The van der Waals surface area contributed by atoms with E-state index in [2.05, 4.69) is 31.9 Å². The smallest absolute Gasteiger partial charge is 0.305 e. The SMILES string of the molecule is CCC(=O)OC1CCC2(C)C(=CCC3C2CCC24CN(C)C(C)C2CCC34)C1. The fraction of sp³-hybridized carbons (Fsp3) is 0.880. The Morgan fingerprint density at radius 1 is 1.18 bits per heavy atom. The van der Waals surface area contributed by atoms with Gasteiger partial charge in [0.05, 0.1) is 0 Å². The standard InChI is InChI=1S/C25H39NO2/c1-5-23(27)28-18-10-12-24(3)17(14-18)6-7-19-21(24)11-13-25-15-26(4)16(2)20(25)8-9-22(19)25/h6,16,18-22H,5,7-15H2,1-4H3. The van der Waals surface area contributed by atoms with Crippen LogP contribution in [-0.2, 0) is 9.53 Å². The first-order valence-electron chi connectivity index (χ1n) is 12.0. The molecule has 5 aliphatic rings. The minimum Gasteiger partial charge on any atom is -0.462 e. The summed E-state index contributed by atoms with van der Waals surface area (Å²) in [5.74, 6) is 3.59. The summed E-state index contributed by atoms with van der Waals surface area (Å²) in [6.07, 6.45) is 13.6. The van der Waals surface area contributed by atoms with Gasteiger partial charge in [0.1, 0.15) is 6.10 Å². The quantitative estimate of drug-likeness (QED) is 0.483. The molecule has 3 heteroatoms. The molecule has 0 bridgehead atoms. The number of esters is 1. The number of carbonyl (C=O) groups is 1. The molecule has 0 aromatic heterocycles. The maximum absolute atomic E-state index is 11.8. The lowest BCUT2D eigenvalue weighted by Crippen LogP contribution is -2.51. The van der Waals surface area contributed by atoms with E-state index in [-0.39, 0.29) is 12.1 Å². The van der Waals surface area contributed by atoms with Crippen molar-refractivity contribution in [1.29, 1.82) is 0 Å². The van der Waals surface area contributed by atoms with Crippen LogP contribution in [0.5, 0.6) is 0 Å². The molecule has 1 heterocycles. The highest BCUT2D eigenvalue weighted by molar-refractivity contribution is 5.69. The fourth-order valence-electron chi connectivity index (χ4n) is 8.80. The van der Waals surface area contributed by atoms with Crippen molar-refractivity contribution in [2.45, 2.75) is 90.7 Å². The predicted octanol–water partition coefficient (Wildman–Crippen LogP) is 5.20. The van der Waals surface area contributed by atoms with Crippen LogP contribution in [0.25, 0.3) is 0 Å². The fourth-order valence-corrected chi connectivity index (χ4v) is 8.80. The zero-order chi connectivity index (χ0) is 19.7. The Kier molecular flexibility index (Phi) is 4.51. The second-order valence-corrected chi connectivity index (χ2v) is 11.1. The Morgan fingerprint density at radius 3 is 2.75 bits per heavy atom. The lowest BCUT2D eigenvalue weighted by atomic mass is 9.47. The molecule has 3 saturated carbocycles. The molecule has 4 fully saturated rings. The van der Waals surface area contributed by atoms with E-state index in [1.54, 1.807) is 5.57 Å². The summed E-state index contributed by atoms with van der Waals surface area (Å²) >= 11 is 0. The number of likely N-dealkylation sites (tertiary alicyclic amines) is 1. The predicted molar refractivity (Wildman–Crippen MR) is 112 cm³/mol. The summed E-state index contributed by atoms with van der Waals surface area (Å²) in [4.78, 5) is 14.4. The maximum Gasteiger partial charge on any atom is 0.305 e. The molecule has 0 radical (unpaired) electrons. The summed E-state index contributed by atoms with van der Waals surface area (Å²) in [6, 6.07) is 0.774. The zero-order valence-corrected chi connectivity index (χ0v) is 18.4. The third-order valence-electron chi connectivity index (χ3n) is 10.2. The van der Waals surface area contributed by atoms with E-state index < -0.39 is 0 Å². The molecule has 0 amide bonds. The van der Waals surface area contributed by atoms with Crippen LogP contribution in [0.4, 0.5) is 0 Å². The van der Waals surface area contributed by atoms with Crippen molar-refractivity contribution < 1.29 is 9.53 Å². The van der Waals surface area contributed by atoms with E-state index in [9.17, 15) is 4.79 Å². The average molecular weight is 386 g/mol. The molecule has 0 N–H and O–H groups in total. The van der Waals surface area contributed by atoms with Crippen LogP contribution in [0.15, 0.2) is 11.6 Å². The third-order valence-corrected chi connectivity index (χ3v) is 10.2. The van der Waals surface area contributed by atoms with Gasteiger partial charge < -0.3 is 9.64 Å². The Labute approximate surface area is 171 Å². The van der Waals surface area contributed by atoms with Gasteiger partial charge in [-0.25, -0.2) is 0 Å². The summed E-state index contributed by atoms with van der Waals surface area (Å²) < 4.78 is 5.73. The molecular weight excluding hydrogens is 346 g/mol. The van der Waals surface area contributed by atoms with Crippen LogP contribution in [0.1, 0.15) is 78.6 Å². The Hall–Kier alpha value is -0.830. The van der Waals surface area contributed by atoms with Crippen molar-refractivity contribution in [2.24, 2.45) is 34.5 Å². The van der Waals surface area contributed by atoms with Crippen LogP contribution in [0, 0.1) is 34.5 Å². The summed E-state index contributed by atoms with van der Waals surface area (Å²) in [5, 5.41) is 0. The molecule has 8 unspecified atom stereocenters. The number of ether oxygens (including phenoxy) is 1. The third kappa shape index (κ3) is 2.53. The van der Waals surface area contributed by atoms with E-state index >= 15 is 0 Å². The van der Waals surface area contributed by atoms with Gasteiger partial charge in [-0.1, -0.05) is 25.5 Å². The molecular formula is C25H39NO2. The first-order chi connectivity index (χ1) is 13.4. The van der Waals surface area contributed by atoms with E-state index in [4.69, 9.17) is 4.74 Å². The van der Waals surface area contributed by atoms with Crippen LogP contribution >= 0.6 is 0 Å². The van der Waals surface area contributed by atoms with Crippen molar-refractivity contribution in [2.75, 3.05) is 13.6 Å². The zero-order valence-electron chi connectivity index (χ0n) is 18.4. The topological polar surface area (TPSA) is 29.5 Å². The highest BCUT2D eigenvalue weighted by atomic mass is 16.5. The lowest BCUT2D eigenvalue weighted by molar-refractivity contribution is -0.151. The van der Waals surface area contributed by atoms with Gasteiger partial charge in [-0.3, -0.25) is 4.79 Å². The molecule has 0 aromatic rings. The number of rotatable bonds is 2. The molecule has 1 saturated heterocycles. The molecule has 0 aromatic carbocycles. The van der Waals surface area contributed by atoms with Gasteiger partial charge in [0.25, 0.3) is 0 Å². The second kappa shape index (κ2) is 6.59. The van der Waals surface area contributed by atoms with Gasteiger partial charge in [0.2, 0.25) is 0 Å². The van der Waals surface area contributed by atoms with Gasteiger partial charge >= 0.3 is 5.97 Å². The second-order valence-electron chi connectivity index (χ2n) is 11.1. The molecule has 28 heavy (non-hydrogen) atoms. The first kappa shape index (κ1) is 19.2. The van der Waals surface area contributed by atoms with Crippen molar-refractivity contribution in [3.8, 4) is 0 Å². The summed E-state index contributed by atoms with van der Waals surface area (Å²) in [6.45, 7) is 8.27. The molecule has 4 aliphatic carbocycles. The molecule has 156 valence electrons. The first-order valence-corrected chi connectivity index (χ1v) is 12.0. The number of allylic oxidation sites excluding steroid dienone is 1. The van der Waals surface area contributed by atoms with Gasteiger partial charge in [-0.05, 0) is 93.4 Å². The van der Waals surface area contributed by atoms with Crippen molar-refractivity contribution in [3.05, 3.63) is 11.6 Å². The van der Waals surface area contributed by atoms with E-state index in [0.29, 0.717) is 17.3 Å². The number of hydrogen-bond acceptors (Lipinski definition) is 3. The normalized spacial score (nSPS) is 50.2. The molecule has 8 atom stereocenters. The summed E-state index contributed by atoms with van der Waals surface area (Å²) in [7, 11) is 2.36. The maximum atomic E-state index is 11.8. The largest absolute Gasteiger partial charge is 0.462 e. The van der Waals surface area contributed by atoms with E-state index in [1.165, 1.54) is 45.1 Å². The number of hydrogen-bond donors (Lipinski definition) is 0. The average Bonchev–Trinajstić information content (AvgIpc) is 3.16. The van der Waals surface area contributed by atoms with Gasteiger partial charge in [0, 0.05) is 25.4 Å². The number of carbonyl (C=O) groups excluding carboxylic acids is 1. The molecule has 1 aliphatic heterocycles. The number of fused-ring (bicyclic) bond motifs is 4. The van der Waals surface area contributed by atoms with Crippen LogP contribution in [0.3, 0.4) is 0 Å². The van der Waals surface area contributed by atoms with Gasteiger partial charge in [0.15, 0.2) is 0 Å². The van der Waals surface area contributed by atoms with Crippen LogP contribution < -0.4 is 0 Å². The Morgan fingerprint density at radius 2 is 1.96 bits per heavy atom. The number of nitrogens with zero attached hydrogens (tertiary/aromatic N) is 1. The monoisotopic (exact) mass is 385 g/mol. The molecule has 1 spiro atoms. The van der Waals surface area contributed by atoms with Gasteiger partial charge in [-0.2, -0.15) is 0 Å².